The second-order valence-electron chi connectivity index (χ2n) is 11.2. The highest BCUT2D eigenvalue weighted by Gasteiger charge is 2.20. The number of hydrogen-bond acceptors (Lipinski definition) is 2. The number of hydrogen-bond donors (Lipinski definition) is 0. The number of anilines is 3. The molecule has 0 aliphatic rings. The molecule has 0 bridgehead atoms. The van der Waals surface area contributed by atoms with Crippen LogP contribution in [0.5, 0.6) is 0 Å². The summed E-state index contributed by atoms with van der Waals surface area (Å²) >= 11 is 0. The maximum absolute atomic E-state index is 14.6. The molecule has 0 radical (unpaired) electrons. The molecule has 0 aliphatic heterocycles. The van der Waals surface area contributed by atoms with E-state index in [9.17, 15) is 35.1 Å². The zero-order valence-electron chi connectivity index (χ0n) is 25.0. The van der Waals surface area contributed by atoms with E-state index in [4.69, 9.17) is 4.98 Å². The van der Waals surface area contributed by atoms with Crippen LogP contribution in [0, 0.1) is 46.5 Å². The Morgan fingerprint density at radius 2 is 0.837 bits per heavy atom. The van der Waals surface area contributed by atoms with Crippen LogP contribution in [0.4, 0.5) is 52.3 Å². The molecule has 7 rings (SSSR count). The first kappa shape index (κ1) is 31.6. The van der Waals surface area contributed by atoms with Gasteiger partial charge < -0.3 is 0 Å². The van der Waals surface area contributed by atoms with Crippen molar-refractivity contribution in [2.45, 2.75) is 0 Å². The van der Waals surface area contributed by atoms with Crippen molar-refractivity contribution in [3.63, 3.8) is 0 Å². The van der Waals surface area contributed by atoms with Gasteiger partial charge in [-0.05, 0) is 118 Å². The first-order valence-corrected chi connectivity index (χ1v) is 14.7. The van der Waals surface area contributed by atoms with Gasteiger partial charge in [0.15, 0.2) is 0 Å². The van der Waals surface area contributed by atoms with E-state index in [1.54, 1.807) is 30.3 Å². The minimum atomic E-state index is -0.894. The quantitative estimate of drug-likeness (QED) is 0.164. The second-order valence-corrected chi connectivity index (χ2v) is 11.2. The Morgan fingerprint density at radius 3 is 1.39 bits per heavy atom. The minimum absolute atomic E-state index is 0.00250. The van der Waals surface area contributed by atoms with Crippen LogP contribution in [0.15, 0.2) is 121 Å². The van der Waals surface area contributed by atoms with E-state index in [1.807, 2.05) is 0 Å². The molecule has 0 spiro atoms. The topological polar surface area (TPSA) is 16.1 Å². The van der Waals surface area contributed by atoms with Gasteiger partial charge in [-0.25, -0.2) is 40.1 Å². The molecule has 0 amide bonds. The molecule has 0 aliphatic carbocycles. The number of aromatic nitrogens is 1. The molecular formula is C39H20F8N2. The first-order chi connectivity index (χ1) is 23.5. The number of benzene rings is 6. The number of pyridine rings is 1. The number of fused-ring (bicyclic) bond motifs is 1. The van der Waals surface area contributed by atoms with Gasteiger partial charge in [0.1, 0.15) is 52.4 Å². The average molecular weight is 669 g/mol. The third-order valence-electron chi connectivity index (χ3n) is 7.80. The summed E-state index contributed by atoms with van der Waals surface area (Å²) in [5, 5.41) is 0.392. The van der Waals surface area contributed by atoms with Gasteiger partial charge in [0.05, 0.1) is 11.2 Å². The van der Waals surface area contributed by atoms with Crippen LogP contribution in [-0.4, -0.2) is 4.98 Å². The summed E-state index contributed by atoms with van der Waals surface area (Å²) < 4.78 is 115. The standard InChI is InChI=1S/C39H20F8N2/c40-26-6-22(7-27(41)15-26)21-2-1-3-34(12-21)49(35-19-32(46)18-33(47)20-35)39-5-4-36-37(25-10-30(44)17-31(45)11-25)13-24(14-38(36)48-39)23-8-28(42)16-29(43)9-23/h1-20H. The molecule has 0 unspecified atom stereocenters. The van der Waals surface area contributed by atoms with Crippen molar-refractivity contribution >= 4 is 28.1 Å². The lowest BCUT2D eigenvalue weighted by Gasteiger charge is -2.25. The highest BCUT2D eigenvalue weighted by atomic mass is 19.2. The van der Waals surface area contributed by atoms with Crippen molar-refractivity contribution in [1.82, 2.24) is 4.98 Å². The monoisotopic (exact) mass is 668 g/mol. The second kappa shape index (κ2) is 12.5. The van der Waals surface area contributed by atoms with E-state index < -0.39 is 46.5 Å². The Labute approximate surface area is 274 Å². The van der Waals surface area contributed by atoms with Crippen LogP contribution in [-0.2, 0) is 0 Å². The molecule has 0 saturated carbocycles. The highest BCUT2D eigenvalue weighted by molar-refractivity contribution is 5.99. The van der Waals surface area contributed by atoms with E-state index in [2.05, 4.69) is 0 Å². The molecule has 7 aromatic rings. The largest absolute Gasteiger partial charge is 0.295 e. The molecule has 0 N–H and O–H groups in total. The molecule has 0 fully saturated rings. The van der Waals surface area contributed by atoms with Gasteiger partial charge in [-0.1, -0.05) is 12.1 Å². The number of halogens is 8. The van der Waals surface area contributed by atoms with Gasteiger partial charge in [-0.15, -0.1) is 0 Å². The van der Waals surface area contributed by atoms with Crippen molar-refractivity contribution in [2.24, 2.45) is 0 Å². The summed E-state index contributed by atoms with van der Waals surface area (Å²) in [6.07, 6.45) is 0. The van der Waals surface area contributed by atoms with Gasteiger partial charge in [0.2, 0.25) is 0 Å². The first-order valence-electron chi connectivity index (χ1n) is 14.7. The minimum Gasteiger partial charge on any atom is -0.295 e. The highest BCUT2D eigenvalue weighted by Crippen LogP contribution is 2.40. The summed E-state index contributed by atoms with van der Waals surface area (Å²) in [5.41, 5.74) is 1.86. The lowest BCUT2D eigenvalue weighted by Crippen LogP contribution is -2.12. The van der Waals surface area contributed by atoms with Crippen LogP contribution in [0.2, 0.25) is 0 Å². The van der Waals surface area contributed by atoms with Gasteiger partial charge in [0.25, 0.3) is 0 Å². The predicted octanol–water partition coefficient (Wildman–Crippen LogP) is 11.8. The van der Waals surface area contributed by atoms with Crippen LogP contribution >= 0.6 is 0 Å². The lowest BCUT2D eigenvalue weighted by atomic mass is 9.94. The zero-order chi connectivity index (χ0) is 34.4. The summed E-state index contributed by atoms with van der Waals surface area (Å²) in [7, 11) is 0. The molecule has 0 saturated heterocycles. The van der Waals surface area contributed by atoms with Crippen LogP contribution in [0.25, 0.3) is 44.3 Å². The fraction of sp³-hybridized carbons (Fsp3) is 0. The Hall–Kier alpha value is -6.03. The Balaban J connectivity index is 1.47. The van der Waals surface area contributed by atoms with Crippen molar-refractivity contribution < 1.29 is 35.1 Å². The molecule has 1 heterocycles. The van der Waals surface area contributed by atoms with Crippen molar-refractivity contribution in [1.29, 1.82) is 0 Å². The van der Waals surface area contributed by atoms with Gasteiger partial charge in [-0.2, -0.15) is 0 Å². The fourth-order valence-electron chi connectivity index (χ4n) is 5.81. The smallest absolute Gasteiger partial charge is 0.138 e. The average Bonchev–Trinajstić information content (AvgIpc) is 3.02. The Bertz CT molecular complexity index is 2330. The molecule has 6 aromatic carbocycles. The predicted molar refractivity (Wildman–Crippen MR) is 172 cm³/mol. The summed E-state index contributed by atoms with van der Waals surface area (Å²) in [6, 6.07) is 24.1. The number of rotatable bonds is 6. The summed E-state index contributed by atoms with van der Waals surface area (Å²) in [4.78, 5) is 6.17. The summed E-state index contributed by atoms with van der Waals surface area (Å²) in [6.45, 7) is 0. The van der Waals surface area contributed by atoms with Crippen molar-refractivity contribution in [2.75, 3.05) is 4.90 Å². The van der Waals surface area contributed by atoms with Crippen LogP contribution in [0.3, 0.4) is 0 Å². The van der Waals surface area contributed by atoms with Crippen molar-refractivity contribution in [3.05, 3.63) is 168 Å². The van der Waals surface area contributed by atoms with E-state index in [1.165, 1.54) is 23.1 Å². The molecule has 1 aromatic heterocycles. The number of nitrogens with zero attached hydrogens (tertiary/aromatic N) is 2. The lowest BCUT2D eigenvalue weighted by molar-refractivity contribution is 0.583. The zero-order valence-corrected chi connectivity index (χ0v) is 25.0. The van der Waals surface area contributed by atoms with Gasteiger partial charge >= 0.3 is 0 Å². The van der Waals surface area contributed by atoms with Gasteiger partial charge in [-0.3, -0.25) is 4.90 Å². The normalized spacial score (nSPS) is 11.3. The Kier molecular flexibility index (Phi) is 8.07. The van der Waals surface area contributed by atoms with Gasteiger partial charge in [0, 0.05) is 35.3 Å². The molecule has 2 nitrogen and oxygen atoms in total. The Morgan fingerprint density at radius 1 is 0.367 bits per heavy atom. The molecular weight excluding hydrogens is 648 g/mol. The van der Waals surface area contributed by atoms with Crippen LogP contribution < -0.4 is 4.90 Å². The third kappa shape index (κ3) is 6.58. The maximum Gasteiger partial charge on any atom is 0.138 e. The van der Waals surface area contributed by atoms with E-state index in [-0.39, 0.29) is 44.8 Å². The molecule has 49 heavy (non-hydrogen) atoms. The van der Waals surface area contributed by atoms with Crippen molar-refractivity contribution in [3.8, 4) is 33.4 Å². The van der Waals surface area contributed by atoms with Crippen LogP contribution in [0.1, 0.15) is 0 Å². The fourth-order valence-corrected chi connectivity index (χ4v) is 5.81. The third-order valence-corrected chi connectivity index (χ3v) is 7.80. The van der Waals surface area contributed by atoms with E-state index in [0.717, 1.165) is 54.6 Å². The maximum atomic E-state index is 14.6. The molecule has 0 atom stereocenters. The SMILES string of the molecule is Fc1cc(F)cc(-c2cccc(N(c3cc(F)cc(F)c3)c3ccc4c(-c5cc(F)cc(F)c5)cc(-c5cc(F)cc(F)c5)cc4n3)c2)c1. The summed E-state index contributed by atoms with van der Waals surface area (Å²) in [5.74, 6) is -6.70. The van der Waals surface area contributed by atoms with E-state index in [0.29, 0.717) is 34.8 Å². The van der Waals surface area contributed by atoms with E-state index >= 15 is 0 Å². The molecule has 10 heteroatoms. The molecule has 242 valence electrons.